The highest BCUT2D eigenvalue weighted by Crippen LogP contribution is 2.32. The lowest BCUT2D eigenvalue weighted by atomic mass is 10.2. The fourth-order valence-electron chi connectivity index (χ4n) is 3.54. The van der Waals surface area contributed by atoms with Gasteiger partial charge in [-0.25, -0.2) is 9.07 Å². The molecule has 1 heterocycles. The smallest absolute Gasteiger partial charge is 0.276 e. The van der Waals surface area contributed by atoms with E-state index in [0.717, 1.165) is 30.5 Å². The Morgan fingerprint density at radius 1 is 1.14 bits per heavy atom. The lowest BCUT2D eigenvalue weighted by Gasteiger charge is -2.11. The van der Waals surface area contributed by atoms with E-state index in [-0.39, 0.29) is 11.7 Å². The molecule has 7 heteroatoms. The topological polar surface area (TPSA) is 65.4 Å². The number of para-hydroxylation sites is 1. The van der Waals surface area contributed by atoms with Crippen molar-refractivity contribution in [3.63, 3.8) is 0 Å². The number of aromatic nitrogens is 2. The number of anilines is 1. The predicted octanol–water partition coefficient (Wildman–Crippen LogP) is 3.77. The van der Waals surface area contributed by atoms with E-state index < -0.39 is 0 Å². The first-order valence-electron chi connectivity index (χ1n) is 9.01. The van der Waals surface area contributed by atoms with Crippen molar-refractivity contribution in [2.24, 2.45) is 0 Å². The third-order valence-electron chi connectivity index (χ3n) is 4.88. The van der Waals surface area contributed by atoms with Gasteiger partial charge in [0, 0.05) is 17.3 Å². The molecule has 1 aromatic heterocycles. The van der Waals surface area contributed by atoms with Crippen LogP contribution in [0.2, 0.25) is 0 Å². The van der Waals surface area contributed by atoms with Gasteiger partial charge in [-0.3, -0.25) is 4.79 Å². The molecule has 1 N–H and O–H groups in total. The summed E-state index contributed by atoms with van der Waals surface area (Å²) in [4.78, 5) is 13.0. The van der Waals surface area contributed by atoms with Crippen LogP contribution in [-0.4, -0.2) is 29.9 Å². The van der Waals surface area contributed by atoms with Gasteiger partial charge in [-0.15, -0.1) is 0 Å². The summed E-state index contributed by atoms with van der Waals surface area (Å²) in [5, 5.41) is 7.30. The molecule has 1 aliphatic rings. The van der Waals surface area contributed by atoms with Crippen molar-refractivity contribution < 1.29 is 18.7 Å². The number of hydrogen-bond donors (Lipinski definition) is 1. The number of fused-ring (bicyclic) bond motifs is 1. The van der Waals surface area contributed by atoms with Gasteiger partial charge in [0.05, 0.1) is 19.9 Å². The van der Waals surface area contributed by atoms with E-state index in [4.69, 9.17) is 9.47 Å². The van der Waals surface area contributed by atoms with E-state index in [1.165, 1.54) is 13.2 Å². The molecule has 0 atom stereocenters. The Bertz CT molecular complexity index is 1050. The Morgan fingerprint density at radius 2 is 1.96 bits per heavy atom. The molecule has 6 nitrogen and oxygen atoms in total. The Labute approximate surface area is 161 Å². The average molecular weight is 381 g/mol. The monoisotopic (exact) mass is 381 g/mol. The number of ether oxygens (including phenoxy) is 2. The Kier molecular flexibility index (Phi) is 4.73. The highest BCUT2D eigenvalue weighted by atomic mass is 19.1. The van der Waals surface area contributed by atoms with Crippen LogP contribution in [0.25, 0.3) is 5.69 Å². The summed E-state index contributed by atoms with van der Waals surface area (Å²) in [6, 6.07) is 11.6. The van der Waals surface area contributed by atoms with Crippen molar-refractivity contribution in [1.29, 1.82) is 0 Å². The van der Waals surface area contributed by atoms with Crippen LogP contribution in [0, 0.1) is 5.82 Å². The SMILES string of the molecule is COc1ccc(OC)c(NC(=O)c2nn(-c3ccccc3F)c3c2CCC3)c1. The number of hydrogen-bond acceptors (Lipinski definition) is 4. The molecule has 2 aromatic carbocycles. The highest BCUT2D eigenvalue weighted by molar-refractivity contribution is 6.05. The van der Waals surface area contributed by atoms with Crippen LogP contribution in [0.1, 0.15) is 28.2 Å². The standard InChI is InChI=1S/C21H20FN3O3/c1-27-13-10-11-19(28-2)16(12-13)23-21(26)20-14-6-5-9-17(14)25(24-20)18-8-4-3-7-15(18)22/h3-4,7-8,10-12H,5-6,9H2,1-2H3,(H,23,26). The molecule has 28 heavy (non-hydrogen) atoms. The van der Waals surface area contributed by atoms with E-state index in [0.29, 0.717) is 28.6 Å². The molecule has 4 rings (SSSR count). The number of amides is 1. The summed E-state index contributed by atoms with van der Waals surface area (Å²) in [5.41, 5.74) is 2.88. The number of benzene rings is 2. The number of methoxy groups -OCH3 is 2. The number of carbonyl (C=O) groups is 1. The highest BCUT2D eigenvalue weighted by Gasteiger charge is 2.28. The van der Waals surface area contributed by atoms with Crippen molar-refractivity contribution in [2.45, 2.75) is 19.3 Å². The second kappa shape index (κ2) is 7.34. The van der Waals surface area contributed by atoms with Crippen LogP contribution in [0.15, 0.2) is 42.5 Å². The van der Waals surface area contributed by atoms with Gasteiger partial charge in [-0.2, -0.15) is 5.10 Å². The minimum Gasteiger partial charge on any atom is -0.497 e. The van der Waals surface area contributed by atoms with E-state index >= 15 is 0 Å². The van der Waals surface area contributed by atoms with Gasteiger partial charge in [0.15, 0.2) is 5.69 Å². The Balaban J connectivity index is 1.72. The van der Waals surface area contributed by atoms with Gasteiger partial charge in [-0.05, 0) is 43.5 Å². The van der Waals surface area contributed by atoms with Gasteiger partial charge < -0.3 is 14.8 Å². The summed E-state index contributed by atoms with van der Waals surface area (Å²) >= 11 is 0. The zero-order valence-electron chi connectivity index (χ0n) is 15.7. The van der Waals surface area contributed by atoms with Gasteiger partial charge >= 0.3 is 0 Å². The van der Waals surface area contributed by atoms with Crippen molar-refractivity contribution >= 4 is 11.6 Å². The molecule has 0 bridgehead atoms. The molecule has 0 radical (unpaired) electrons. The Hall–Kier alpha value is -3.35. The molecule has 1 amide bonds. The summed E-state index contributed by atoms with van der Waals surface area (Å²) in [5.74, 6) is 0.374. The van der Waals surface area contributed by atoms with E-state index in [9.17, 15) is 9.18 Å². The lowest BCUT2D eigenvalue weighted by molar-refractivity contribution is 0.102. The molecule has 3 aromatic rings. The van der Waals surface area contributed by atoms with Crippen molar-refractivity contribution in [3.05, 3.63) is 65.2 Å². The maximum absolute atomic E-state index is 14.3. The first-order chi connectivity index (χ1) is 13.6. The van der Waals surface area contributed by atoms with Gasteiger partial charge in [0.25, 0.3) is 5.91 Å². The van der Waals surface area contributed by atoms with Crippen LogP contribution < -0.4 is 14.8 Å². The maximum atomic E-state index is 14.3. The lowest BCUT2D eigenvalue weighted by Crippen LogP contribution is -2.15. The third-order valence-corrected chi connectivity index (χ3v) is 4.88. The summed E-state index contributed by atoms with van der Waals surface area (Å²) in [6.07, 6.45) is 2.40. The molecule has 0 fully saturated rings. The molecule has 144 valence electrons. The number of rotatable bonds is 5. The second-order valence-electron chi connectivity index (χ2n) is 6.51. The molecule has 0 saturated heterocycles. The largest absolute Gasteiger partial charge is 0.497 e. The second-order valence-corrected chi connectivity index (χ2v) is 6.51. The predicted molar refractivity (Wildman–Crippen MR) is 103 cm³/mol. The maximum Gasteiger partial charge on any atom is 0.276 e. The first-order valence-corrected chi connectivity index (χ1v) is 9.01. The average Bonchev–Trinajstić information content (AvgIpc) is 3.31. The quantitative estimate of drug-likeness (QED) is 0.731. The fourth-order valence-corrected chi connectivity index (χ4v) is 3.54. The van der Waals surface area contributed by atoms with E-state index in [1.807, 2.05) is 0 Å². The van der Waals surface area contributed by atoms with Crippen LogP contribution in [0.4, 0.5) is 10.1 Å². The summed E-state index contributed by atoms with van der Waals surface area (Å²) < 4.78 is 26.4. The van der Waals surface area contributed by atoms with Crippen molar-refractivity contribution in [1.82, 2.24) is 9.78 Å². The molecule has 0 unspecified atom stereocenters. The number of nitrogens with one attached hydrogen (secondary N) is 1. The third kappa shape index (κ3) is 3.09. The number of nitrogens with zero attached hydrogens (tertiary/aromatic N) is 2. The van der Waals surface area contributed by atoms with Gasteiger partial charge in [0.1, 0.15) is 23.0 Å². The minimum atomic E-state index is -0.374. The van der Waals surface area contributed by atoms with Crippen molar-refractivity contribution in [3.8, 4) is 17.2 Å². The summed E-state index contributed by atoms with van der Waals surface area (Å²) in [7, 11) is 3.08. The van der Waals surface area contributed by atoms with Crippen LogP contribution >= 0.6 is 0 Å². The van der Waals surface area contributed by atoms with Gasteiger partial charge in [0.2, 0.25) is 0 Å². The van der Waals surface area contributed by atoms with Crippen LogP contribution in [0.5, 0.6) is 11.5 Å². The molecule has 1 aliphatic carbocycles. The molecule has 0 saturated carbocycles. The normalized spacial score (nSPS) is 12.5. The van der Waals surface area contributed by atoms with Crippen LogP contribution in [0.3, 0.4) is 0 Å². The number of carbonyl (C=O) groups excluding carboxylic acids is 1. The fraction of sp³-hybridized carbons (Fsp3) is 0.238. The first kappa shape index (κ1) is 18.0. The molecular formula is C21H20FN3O3. The van der Waals surface area contributed by atoms with Gasteiger partial charge in [-0.1, -0.05) is 12.1 Å². The Morgan fingerprint density at radius 3 is 2.71 bits per heavy atom. The van der Waals surface area contributed by atoms with E-state index in [1.54, 1.807) is 48.2 Å². The minimum absolute atomic E-state index is 0.306. The van der Waals surface area contributed by atoms with Crippen molar-refractivity contribution in [2.75, 3.05) is 19.5 Å². The zero-order valence-corrected chi connectivity index (χ0v) is 15.7. The molecular weight excluding hydrogens is 361 g/mol. The van der Waals surface area contributed by atoms with E-state index in [2.05, 4.69) is 10.4 Å². The number of halogens is 1. The van der Waals surface area contributed by atoms with Crippen LogP contribution in [-0.2, 0) is 12.8 Å². The molecule has 0 aliphatic heterocycles. The molecule has 0 spiro atoms. The zero-order chi connectivity index (χ0) is 19.7. The summed E-state index contributed by atoms with van der Waals surface area (Å²) in [6.45, 7) is 0.